The maximum atomic E-state index is 12.4. The summed E-state index contributed by atoms with van der Waals surface area (Å²) in [5, 5.41) is 11.5. The van der Waals surface area contributed by atoms with Crippen molar-refractivity contribution in [1.29, 1.82) is 0 Å². The second-order valence-corrected chi connectivity index (χ2v) is 8.34. The number of carbonyl (C=O) groups excluding carboxylic acids is 1. The number of rotatable bonds is 4. The van der Waals surface area contributed by atoms with Crippen molar-refractivity contribution in [3.05, 3.63) is 34.8 Å². The van der Waals surface area contributed by atoms with Crippen molar-refractivity contribution in [2.75, 3.05) is 18.4 Å². The van der Waals surface area contributed by atoms with Crippen molar-refractivity contribution in [3.8, 4) is 0 Å². The molecule has 9 heteroatoms. The Balaban J connectivity index is 1.75. The molecule has 1 aromatic heterocycles. The summed E-state index contributed by atoms with van der Waals surface area (Å²) in [7, 11) is -3.46. The molecule has 1 saturated heterocycles. The molecule has 0 radical (unpaired) electrons. The number of amides is 1. The molecule has 1 aliphatic heterocycles. The van der Waals surface area contributed by atoms with E-state index in [1.807, 2.05) is 0 Å². The highest BCUT2D eigenvalue weighted by molar-refractivity contribution is 7.89. The number of carbonyl (C=O) groups is 1. The fourth-order valence-electron chi connectivity index (χ4n) is 2.37. The second-order valence-electron chi connectivity index (χ2n) is 5.22. The fourth-order valence-corrected chi connectivity index (χ4v) is 4.48. The van der Waals surface area contributed by atoms with Crippen LogP contribution in [0.25, 0.3) is 0 Å². The molecule has 1 fully saturated rings. The molecule has 3 rings (SSSR count). The van der Waals surface area contributed by atoms with Crippen molar-refractivity contribution in [1.82, 2.24) is 14.5 Å². The lowest BCUT2D eigenvalue weighted by Gasteiger charge is -2.15. The zero-order chi connectivity index (χ0) is 16.4. The van der Waals surface area contributed by atoms with Crippen molar-refractivity contribution in [2.45, 2.75) is 24.7 Å². The lowest BCUT2D eigenvalue weighted by atomic mass is 10.2. The molecule has 1 N–H and O–H groups in total. The summed E-state index contributed by atoms with van der Waals surface area (Å²) in [5.74, 6) is -0.341. The largest absolute Gasteiger partial charge is 0.296 e. The van der Waals surface area contributed by atoms with Crippen molar-refractivity contribution < 1.29 is 13.2 Å². The van der Waals surface area contributed by atoms with Crippen molar-refractivity contribution in [3.63, 3.8) is 0 Å². The topological polar surface area (TPSA) is 92.3 Å². The van der Waals surface area contributed by atoms with Crippen LogP contribution in [-0.2, 0) is 10.0 Å². The van der Waals surface area contributed by atoms with Crippen LogP contribution in [-0.4, -0.2) is 41.9 Å². The highest BCUT2D eigenvalue weighted by atomic mass is 32.2. The molecule has 7 nitrogen and oxygen atoms in total. The first-order valence-electron chi connectivity index (χ1n) is 7.18. The third kappa shape index (κ3) is 3.41. The molecular formula is C14H16N4O3S2. The minimum absolute atomic E-state index is 0.211. The van der Waals surface area contributed by atoms with Gasteiger partial charge >= 0.3 is 0 Å². The quantitative estimate of drug-likeness (QED) is 0.907. The molecule has 0 atom stereocenters. The summed E-state index contributed by atoms with van der Waals surface area (Å²) in [4.78, 5) is 12.3. The van der Waals surface area contributed by atoms with Crippen LogP contribution in [0.2, 0.25) is 0 Å². The molecule has 0 aliphatic carbocycles. The molecule has 1 amide bonds. The molecule has 1 aliphatic rings. The molecular weight excluding hydrogens is 336 g/mol. The average Bonchev–Trinajstić information content (AvgIpc) is 3.19. The first-order chi connectivity index (χ1) is 11.0. The smallest absolute Gasteiger partial charge is 0.257 e. The Bertz CT molecular complexity index is 809. The summed E-state index contributed by atoms with van der Waals surface area (Å²) in [6, 6.07) is 5.94. The van der Waals surface area contributed by atoms with Gasteiger partial charge < -0.3 is 0 Å². The average molecular weight is 352 g/mol. The van der Waals surface area contributed by atoms with E-state index in [9.17, 15) is 13.2 Å². The summed E-state index contributed by atoms with van der Waals surface area (Å²) >= 11 is 1.28. The van der Waals surface area contributed by atoms with E-state index < -0.39 is 10.0 Å². The van der Waals surface area contributed by atoms with E-state index in [0.717, 1.165) is 17.8 Å². The first-order valence-corrected chi connectivity index (χ1v) is 9.44. The van der Waals surface area contributed by atoms with Gasteiger partial charge in [0.05, 0.1) is 4.90 Å². The second kappa shape index (κ2) is 6.34. The molecule has 1 aromatic carbocycles. The summed E-state index contributed by atoms with van der Waals surface area (Å²) < 4.78 is 26.3. The standard InChI is InChI=1S/C14H16N4O3S2/c1-10-16-17-14(22-10)15-13(19)11-4-6-12(7-5-11)23(20,21)18-8-2-3-9-18/h4-7H,2-3,8-9H2,1H3,(H,15,17,19). The predicted octanol–water partition coefficient (Wildman–Crippen LogP) is 1.88. The van der Waals surface area contributed by atoms with Gasteiger partial charge in [-0.25, -0.2) is 8.42 Å². The predicted molar refractivity (Wildman–Crippen MR) is 87.0 cm³/mol. The minimum Gasteiger partial charge on any atom is -0.296 e. The zero-order valence-electron chi connectivity index (χ0n) is 12.5. The van der Waals surface area contributed by atoms with Crippen LogP contribution >= 0.6 is 11.3 Å². The van der Waals surface area contributed by atoms with E-state index in [0.29, 0.717) is 23.8 Å². The number of nitrogens with one attached hydrogen (secondary N) is 1. The van der Waals surface area contributed by atoms with Crippen LogP contribution in [0.1, 0.15) is 28.2 Å². The van der Waals surface area contributed by atoms with Gasteiger partial charge in [-0.05, 0) is 44.0 Å². The van der Waals surface area contributed by atoms with Gasteiger partial charge in [-0.15, -0.1) is 10.2 Å². The Hall–Kier alpha value is -1.84. The Labute approximate surface area is 138 Å². The number of anilines is 1. The number of aromatic nitrogens is 2. The Morgan fingerprint density at radius 1 is 1.17 bits per heavy atom. The normalized spacial score (nSPS) is 15.7. The summed E-state index contributed by atoms with van der Waals surface area (Å²) in [6.45, 7) is 2.91. The maximum absolute atomic E-state index is 12.4. The van der Waals surface area contributed by atoms with Crippen LogP contribution in [0.5, 0.6) is 0 Å². The van der Waals surface area contributed by atoms with E-state index in [1.165, 1.54) is 39.9 Å². The molecule has 122 valence electrons. The van der Waals surface area contributed by atoms with Gasteiger partial charge in [0.15, 0.2) is 0 Å². The van der Waals surface area contributed by atoms with E-state index in [-0.39, 0.29) is 10.8 Å². The van der Waals surface area contributed by atoms with Crippen LogP contribution < -0.4 is 5.32 Å². The number of hydrogen-bond donors (Lipinski definition) is 1. The van der Waals surface area contributed by atoms with Crippen LogP contribution in [0.4, 0.5) is 5.13 Å². The van der Waals surface area contributed by atoms with Gasteiger partial charge in [0, 0.05) is 18.7 Å². The molecule has 0 saturated carbocycles. The van der Waals surface area contributed by atoms with Crippen LogP contribution in [0, 0.1) is 6.92 Å². The SMILES string of the molecule is Cc1nnc(NC(=O)c2ccc(S(=O)(=O)N3CCCC3)cc2)s1. The third-order valence-corrected chi connectivity index (χ3v) is 6.23. The van der Waals surface area contributed by atoms with Crippen LogP contribution in [0.15, 0.2) is 29.2 Å². The van der Waals surface area contributed by atoms with E-state index in [1.54, 1.807) is 6.92 Å². The lowest BCUT2D eigenvalue weighted by molar-refractivity contribution is 0.102. The number of benzene rings is 1. The van der Waals surface area contributed by atoms with Gasteiger partial charge in [-0.1, -0.05) is 11.3 Å². The number of hydrogen-bond acceptors (Lipinski definition) is 6. The first kappa shape index (κ1) is 16.0. The van der Waals surface area contributed by atoms with Gasteiger partial charge in [0.25, 0.3) is 5.91 Å². The highest BCUT2D eigenvalue weighted by Crippen LogP contribution is 2.21. The highest BCUT2D eigenvalue weighted by Gasteiger charge is 2.27. The van der Waals surface area contributed by atoms with Crippen molar-refractivity contribution >= 4 is 32.4 Å². The molecule has 0 unspecified atom stereocenters. The Morgan fingerprint density at radius 3 is 2.39 bits per heavy atom. The lowest BCUT2D eigenvalue weighted by Crippen LogP contribution is -2.27. The summed E-state index contributed by atoms with van der Waals surface area (Å²) in [5.41, 5.74) is 0.373. The van der Waals surface area contributed by atoms with E-state index in [2.05, 4.69) is 15.5 Å². The maximum Gasteiger partial charge on any atom is 0.257 e. The van der Waals surface area contributed by atoms with Gasteiger partial charge in [0.1, 0.15) is 5.01 Å². The van der Waals surface area contributed by atoms with Crippen LogP contribution in [0.3, 0.4) is 0 Å². The minimum atomic E-state index is -3.46. The molecule has 23 heavy (non-hydrogen) atoms. The van der Waals surface area contributed by atoms with E-state index in [4.69, 9.17) is 0 Å². The van der Waals surface area contributed by atoms with Gasteiger partial charge in [-0.2, -0.15) is 4.31 Å². The Morgan fingerprint density at radius 2 is 1.83 bits per heavy atom. The molecule has 0 spiro atoms. The van der Waals surface area contributed by atoms with Gasteiger partial charge in [0.2, 0.25) is 15.2 Å². The number of aryl methyl sites for hydroxylation is 1. The fraction of sp³-hybridized carbons (Fsp3) is 0.357. The monoisotopic (exact) mass is 352 g/mol. The number of nitrogens with zero attached hydrogens (tertiary/aromatic N) is 3. The van der Waals surface area contributed by atoms with Crippen molar-refractivity contribution in [2.24, 2.45) is 0 Å². The third-order valence-electron chi connectivity index (χ3n) is 3.57. The van der Waals surface area contributed by atoms with E-state index >= 15 is 0 Å². The Kier molecular flexibility index (Phi) is 4.42. The summed E-state index contributed by atoms with van der Waals surface area (Å²) in [6.07, 6.45) is 1.78. The zero-order valence-corrected chi connectivity index (χ0v) is 14.2. The number of sulfonamides is 1. The van der Waals surface area contributed by atoms with Gasteiger partial charge in [-0.3, -0.25) is 10.1 Å². The molecule has 0 bridgehead atoms. The molecule has 2 aromatic rings. The molecule has 2 heterocycles.